The minimum absolute atomic E-state index is 0.0979. The summed E-state index contributed by atoms with van der Waals surface area (Å²) in [5, 5.41) is 9.48. The van der Waals surface area contributed by atoms with Gasteiger partial charge in [0.1, 0.15) is 0 Å². The monoisotopic (exact) mass is 214 g/mol. The Kier molecular flexibility index (Phi) is 2.61. The van der Waals surface area contributed by atoms with E-state index in [4.69, 9.17) is 4.74 Å². The van der Waals surface area contributed by atoms with E-state index in [1.807, 2.05) is 0 Å². The predicted molar refractivity (Wildman–Crippen MR) is 50.7 cm³/mol. The van der Waals surface area contributed by atoms with E-state index in [9.17, 15) is 13.9 Å². The Hall–Kier alpha value is -1.16. The molecule has 0 amide bonds. The molecule has 82 valence electrons. The van der Waals surface area contributed by atoms with Crippen molar-refractivity contribution in [2.24, 2.45) is 0 Å². The fraction of sp³-hybridized carbons (Fsp3) is 0.455. The SMILES string of the molecule is OC1(CCOc2cccc(F)c2F)CC1. The van der Waals surface area contributed by atoms with Gasteiger partial charge in [0.05, 0.1) is 12.2 Å². The summed E-state index contributed by atoms with van der Waals surface area (Å²) in [5.41, 5.74) is -0.621. The fourth-order valence-electron chi connectivity index (χ4n) is 1.34. The van der Waals surface area contributed by atoms with Gasteiger partial charge in [0.2, 0.25) is 5.82 Å². The quantitative estimate of drug-likeness (QED) is 0.833. The summed E-state index contributed by atoms with van der Waals surface area (Å²) in [7, 11) is 0. The number of aliphatic hydroxyl groups is 1. The van der Waals surface area contributed by atoms with Crippen molar-refractivity contribution in [2.75, 3.05) is 6.61 Å². The summed E-state index contributed by atoms with van der Waals surface area (Å²) < 4.78 is 30.9. The van der Waals surface area contributed by atoms with Crippen LogP contribution in [0.15, 0.2) is 18.2 Å². The molecule has 2 rings (SSSR count). The standard InChI is InChI=1S/C11H12F2O2/c12-8-2-1-3-9(10(8)13)15-7-6-11(14)4-5-11/h1-3,14H,4-7H2. The van der Waals surface area contributed by atoms with Crippen LogP contribution in [0, 0.1) is 11.6 Å². The molecule has 0 atom stereocenters. The largest absolute Gasteiger partial charge is 0.490 e. The molecule has 0 spiro atoms. The van der Waals surface area contributed by atoms with Crippen molar-refractivity contribution in [1.29, 1.82) is 0 Å². The second-order valence-corrected chi connectivity index (χ2v) is 3.87. The van der Waals surface area contributed by atoms with Crippen molar-refractivity contribution in [3.8, 4) is 5.75 Å². The number of hydrogen-bond acceptors (Lipinski definition) is 2. The highest BCUT2D eigenvalue weighted by Crippen LogP contribution is 2.38. The van der Waals surface area contributed by atoms with E-state index >= 15 is 0 Å². The van der Waals surface area contributed by atoms with Gasteiger partial charge in [-0.05, 0) is 25.0 Å². The maximum absolute atomic E-state index is 13.1. The molecule has 0 radical (unpaired) electrons. The van der Waals surface area contributed by atoms with Gasteiger partial charge in [-0.25, -0.2) is 4.39 Å². The lowest BCUT2D eigenvalue weighted by Crippen LogP contribution is -2.12. The maximum Gasteiger partial charge on any atom is 0.200 e. The number of benzene rings is 1. The summed E-state index contributed by atoms with van der Waals surface area (Å²) in [6, 6.07) is 3.80. The van der Waals surface area contributed by atoms with Crippen LogP contribution in [0.2, 0.25) is 0 Å². The van der Waals surface area contributed by atoms with E-state index in [0.29, 0.717) is 6.42 Å². The normalized spacial score (nSPS) is 17.5. The smallest absolute Gasteiger partial charge is 0.200 e. The molecule has 0 aromatic heterocycles. The van der Waals surface area contributed by atoms with Gasteiger partial charge >= 0.3 is 0 Å². The molecule has 4 heteroatoms. The average molecular weight is 214 g/mol. The third kappa shape index (κ3) is 2.45. The number of halogens is 2. The van der Waals surface area contributed by atoms with Gasteiger partial charge in [0.15, 0.2) is 11.6 Å². The minimum atomic E-state index is -0.972. The van der Waals surface area contributed by atoms with Crippen molar-refractivity contribution in [1.82, 2.24) is 0 Å². The first-order valence-electron chi connectivity index (χ1n) is 4.90. The lowest BCUT2D eigenvalue weighted by molar-refractivity contribution is 0.116. The molecule has 1 aromatic rings. The Morgan fingerprint density at radius 1 is 1.33 bits per heavy atom. The van der Waals surface area contributed by atoms with Gasteiger partial charge in [0, 0.05) is 6.42 Å². The van der Waals surface area contributed by atoms with E-state index in [-0.39, 0.29) is 12.4 Å². The Labute approximate surface area is 86.5 Å². The summed E-state index contributed by atoms with van der Waals surface area (Å²) >= 11 is 0. The number of hydrogen-bond donors (Lipinski definition) is 1. The van der Waals surface area contributed by atoms with Crippen LogP contribution in [0.1, 0.15) is 19.3 Å². The second kappa shape index (κ2) is 3.77. The van der Waals surface area contributed by atoms with E-state index in [1.54, 1.807) is 0 Å². The van der Waals surface area contributed by atoms with Crippen LogP contribution in [0.3, 0.4) is 0 Å². The topological polar surface area (TPSA) is 29.5 Å². The summed E-state index contributed by atoms with van der Waals surface area (Å²) in [5.74, 6) is -1.99. The highest BCUT2D eigenvalue weighted by atomic mass is 19.2. The van der Waals surface area contributed by atoms with E-state index in [1.165, 1.54) is 12.1 Å². The van der Waals surface area contributed by atoms with E-state index in [2.05, 4.69) is 0 Å². The van der Waals surface area contributed by atoms with Gasteiger partial charge in [-0.15, -0.1) is 0 Å². The van der Waals surface area contributed by atoms with Gasteiger partial charge in [0.25, 0.3) is 0 Å². The molecule has 1 fully saturated rings. The minimum Gasteiger partial charge on any atom is -0.490 e. The molecular weight excluding hydrogens is 202 g/mol. The van der Waals surface area contributed by atoms with E-state index in [0.717, 1.165) is 18.9 Å². The molecule has 1 aliphatic rings. The molecule has 0 unspecified atom stereocenters. The molecule has 1 N–H and O–H groups in total. The lowest BCUT2D eigenvalue weighted by atomic mass is 10.2. The first-order valence-corrected chi connectivity index (χ1v) is 4.90. The maximum atomic E-state index is 13.1. The molecule has 0 heterocycles. The first-order chi connectivity index (χ1) is 7.11. The molecule has 0 saturated heterocycles. The van der Waals surface area contributed by atoms with E-state index < -0.39 is 17.2 Å². The highest BCUT2D eigenvalue weighted by molar-refractivity contribution is 5.25. The third-order valence-corrected chi connectivity index (χ3v) is 2.57. The Morgan fingerprint density at radius 2 is 2.07 bits per heavy atom. The number of rotatable bonds is 4. The predicted octanol–water partition coefficient (Wildman–Crippen LogP) is 2.26. The third-order valence-electron chi connectivity index (χ3n) is 2.57. The zero-order chi connectivity index (χ0) is 10.9. The Morgan fingerprint density at radius 3 is 2.73 bits per heavy atom. The zero-order valence-electron chi connectivity index (χ0n) is 8.17. The molecule has 2 nitrogen and oxygen atoms in total. The van der Waals surface area contributed by atoms with Gasteiger partial charge in [-0.3, -0.25) is 0 Å². The van der Waals surface area contributed by atoms with Crippen LogP contribution >= 0.6 is 0 Å². The molecule has 0 aliphatic heterocycles. The molecule has 1 aliphatic carbocycles. The molecular formula is C11H12F2O2. The van der Waals surface area contributed by atoms with Gasteiger partial charge in [-0.2, -0.15) is 4.39 Å². The van der Waals surface area contributed by atoms with Crippen molar-refractivity contribution in [3.05, 3.63) is 29.8 Å². The highest BCUT2D eigenvalue weighted by Gasteiger charge is 2.39. The lowest BCUT2D eigenvalue weighted by Gasteiger charge is -2.10. The van der Waals surface area contributed by atoms with Crippen LogP contribution in [0.25, 0.3) is 0 Å². The van der Waals surface area contributed by atoms with Crippen molar-refractivity contribution >= 4 is 0 Å². The van der Waals surface area contributed by atoms with Crippen LogP contribution in [-0.2, 0) is 0 Å². The molecule has 0 bridgehead atoms. The summed E-state index contributed by atoms with van der Waals surface area (Å²) in [6.07, 6.45) is 1.99. The average Bonchev–Trinajstić information content (AvgIpc) is 2.92. The van der Waals surface area contributed by atoms with Crippen LogP contribution in [0.5, 0.6) is 5.75 Å². The van der Waals surface area contributed by atoms with Crippen LogP contribution in [-0.4, -0.2) is 17.3 Å². The van der Waals surface area contributed by atoms with Crippen LogP contribution < -0.4 is 4.74 Å². The molecule has 1 saturated carbocycles. The van der Waals surface area contributed by atoms with Gasteiger partial charge in [-0.1, -0.05) is 6.07 Å². The van der Waals surface area contributed by atoms with Crippen molar-refractivity contribution in [3.63, 3.8) is 0 Å². The number of ether oxygens (including phenoxy) is 1. The zero-order valence-corrected chi connectivity index (χ0v) is 8.17. The molecule has 15 heavy (non-hydrogen) atoms. The summed E-state index contributed by atoms with van der Waals surface area (Å²) in [4.78, 5) is 0. The fourth-order valence-corrected chi connectivity index (χ4v) is 1.34. The van der Waals surface area contributed by atoms with Gasteiger partial charge < -0.3 is 9.84 Å². The second-order valence-electron chi connectivity index (χ2n) is 3.87. The van der Waals surface area contributed by atoms with Crippen LogP contribution in [0.4, 0.5) is 8.78 Å². The summed E-state index contributed by atoms with van der Waals surface area (Å²) in [6.45, 7) is 0.205. The van der Waals surface area contributed by atoms with Crippen molar-refractivity contribution < 1.29 is 18.6 Å². The Bertz CT molecular complexity index is 362. The Balaban J connectivity index is 1.90. The van der Waals surface area contributed by atoms with Crippen molar-refractivity contribution in [2.45, 2.75) is 24.9 Å². The first kappa shape index (κ1) is 10.4. The molecule has 1 aromatic carbocycles.